The summed E-state index contributed by atoms with van der Waals surface area (Å²) in [5.74, 6) is 2.42. The van der Waals surface area contributed by atoms with Gasteiger partial charge in [-0.15, -0.1) is 0 Å². The molecule has 2 saturated carbocycles. The number of amides is 2. The van der Waals surface area contributed by atoms with Crippen molar-refractivity contribution in [3.05, 3.63) is 0 Å². The molecule has 0 aromatic heterocycles. The third kappa shape index (κ3) is 3.42. The molecular formula is C16H28N2O3S. The molecule has 0 aromatic carbocycles. The molecule has 4 fully saturated rings. The van der Waals surface area contributed by atoms with Gasteiger partial charge in [-0.3, -0.25) is 0 Å². The molecule has 2 aliphatic heterocycles. The maximum Gasteiger partial charge on any atom is 0.317 e. The van der Waals surface area contributed by atoms with Crippen LogP contribution >= 0.6 is 0 Å². The summed E-state index contributed by atoms with van der Waals surface area (Å²) in [6.45, 7) is 4.29. The molecule has 22 heavy (non-hydrogen) atoms. The normalized spacial score (nSPS) is 35.3. The number of urea groups is 1. The lowest BCUT2D eigenvalue weighted by molar-refractivity contribution is 0.131. The number of fused-ring (bicyclic) bond motifs is 1. The molecule has 3 unspecified atom stereocenters. The first kappa shape index (κ1) is 16.1. The first-order chi connectivity index (χ1) is 10.4. The minimum atomic E-state index is -3.05. The maximum atomic E-state index is 12.6. The van der Waals surface area contributed by atoms with Crippen molar-refractivity contribution < 1.29 is 13.2 Å². The number of nitrogens with one attached hydrogen (secondary N) is 1. The molecule has 4 aliphatic rings. The zero-order chi connectivity index (χ0) is 15.9. The van der Waals surface area contributed by atoms with Crippen LogP contribution in [0, 0.1) is 17.8 Å². The molecule has 2 heterocycles. The van der Waals surface area contributed by atoms with Crippen LogP contribution < -0.4 is 5.32 Å². The zero-order valence-corrected chi connectivity index (χ0v) is 14.4. The van der Waals surface area contributed by atoms with Crippen LogP contribution in [-0.2, 0) is 9.84 Å². The van der Waals surface area contributed by atoms with Crippen molar-refractivity contribution in [3.8, 4) is 0 Å². The second-order valence-corrected chi connectivity index (χ2v) is 10.0. The van der Waals surface area contributed by atoms with Crippen molar-refractivity contribution >= 4 is 15.9 Å². The lowest BCUT2D eigenvalue weighted by Gasteiger charge is -2.39. The Morgan fingerprint density at radius 3 is 2.32 bits per heavy atom. The topological polar surface area (TPSA) is 66.5 Å². The highest BCUT2D eigenvalue weighted by molar-refractivity contribution is 7.91. The van der Waals surface area contributed by atoms with E-state index in [9.17, 15) is 13.2 Å². The van der Waals surface area contributed by atoms with E-state index in [0.29, 0.717) is 12.0 Å². The fourth-order valence-electron chi connectivity index (χ4n) is 4.87. The minimum absolute atomic E-state index is 0.0302. The van der Waals surface area contributed by atoms with Gasteiger partial charge >= 0.3 is 6.03 Å². The molecule has 2 aliphatic carbocycles. The fraction of sp³-hybridized carbons (Fsp3) is 0.938. The van der Waals surface area contributed by atoms with E-state index in [1.165, 1.54) is 19.3 Å². The summed E-state index contributed by atoms with van der Waals surface area (Å²) in [4.78, 5) is 14.6. The Hall–Kier alpha value is -0.780. The summed E-state index contributed by atoms with van der Waals surface area (Å²) >= 11 is 0. The summed E-state index contributed by atoms with van der Waals surface area (Å²) < 4.78 is 23.4. The van der Waals surface area contributed by atoms with Crippen LogP contribution in [0.1, 0.15) is 46.0 Å². The first-order valence-corrected chi connectivity index (χ1v) is 10.5. The standard InChI is InChI=1S/C16H28N2O3S/c1-3-22(20,21)10-11(2)17-16(19)18-9-14-5-12-4-13(6-14)8-15(18)7-12/h11-15H,3-10H2,1-2H3,(H,17,19). The van der Waals surface area contributed by atoms with E-state index in [1.54, 1.807) is 13.8 Å². The molecule has 3 atom stereocenters. The van der Waals surface area contributed by atoms with E-state index in [-0.39, 0.29) is 23.6 Å². The summed E-state index contributed by atoms with van der Waals surface area (Å²) in [5, 5.41) is 2.92. The summed E-state index contributed by atoms with van der Waals surface area (Å²) in [5.41, 5.74) is 0. The second kappa shape index (κ2) is 6.02. The smallest absolute Gasteiger partial charge is 0.317 e. The quantitative estimate of drug-likeness (QED) is 0.859. The van der Waals surface area contributed by atoms with Gasteiger partial charge in [0.2, 0.25) is 0 Å². The van der Waals surface area contributed by atoms with Crippen LogP contribution in [0.4, 0.5) is 4.79 Å². The molecular weight excluding hydrogens is 300 g/mol. The van der Waals surface area contributed by atoms with Crippen LogP contribution in [0.2, 0.25) is 0 Å². The number of carbonyl (C=O) groups is 1. The van der Waals surface area contributed by atoms with Crippen LogP contribution in [0.5, 0.6) is 0 Å². The molecule has 4 bridgehead atoms. The molecule has 1 N–H and O–H groups in total. The predicted molar refractivity (Wildman–Crippen MR) is 86.4 cm³/mol. The molecule has 2 amide bonds. The van der Waals surface area contributed by atoms with Crippen LogP contribution in [0.15, 0.2) is 0 Å². The first-order valence-electron chi connectivity index (χ1n) is 8.63. The summed E-state index contributed by atoms with van der Waals surface area (Å²) in [6, 6.07) is -0.0154. The number of sulfone groups is 1. The lowest BCUT2D eigenvalue weighted by Crippen LogP contribution is -2.50. The van der Waals surface area contributed by atoms with Gasteiger partial charge in [0, 0.05) is 24.4 Å². The molecule has 5 nitrogen and oxygen atoms in total. The van der Waals surface area contributed by atoms with E-state index in [1.807, 2.05) is 4.90 Å². The van der Waals surface area contributed by atoms with Gasteiger partial charge in [-0.05, 0) is 56.8 Å². The van der Waals surface area contributed by atoms with Crippen molar-refractivity contribution in [1.82, 2.24) is 10.2 Å². The largest absolute Gasteiger partial charge is 0.335 e. The third-order valence-electron chi connectivity index (χ3n) is 5.68. The highest BCUT2D eigenvalue weighted by atomic mass is 32.2. The van der Waals surface area contributed by atoms with Gasteiger partial charge in [-0.1, -0.05) is 6.92 Å². The van der Waals surface area contributed by atoms with Crippen molar-refractivity contribution in [2.75, 3.05) is 18.1 Å². The van der Waals surface area contributed by atoms with Crippen molar-refractivity contribution in [1.29, 1.82) is 0 Å². The average molecular weight is 328 g/mol. The molecule has 4 rings (SSSR count). The van der Waals surface area contributed by atoms with E-state index in [2.05, 4.69) is 5.32 Å². The predicted octanol–water partition coefficient (Wildman–Crippen LogP) is 2.03. The zero-order valence-electron chi connectivity index (χ0n) is 13.6. The van der Waals surface area contributed by atoms with Gasteiger partial charge in [-0.2, -0.15) is 0 Å². The van der Waals surface area contributed by atoms with Crippen LogP contribution in [-0.4, -0.2) is 49.5 Å². The van der Waals surface area contributed by atoms with Gasteiger partial charge in [0.05, 0.1) is 5.75 Å². The van der Waals surface area contributed by atoms with E-state index in [0.717, 1.165) is 31.2 Å². The van der Waals surface area contributed by atoms with Gasteiger partial charge in [-0.25, -0.2) is 13.2 Å². The highest BCUT2D eigenvalue weighted by Gasteiger charge is 2.44. The number of rotatable bonds is 4. The van der Waals surface area contributed by atoms with Gasteiger partial charge < -0.3 is 10.2 Å². The van der Waals surface area contributed by atoms with Gasteiger partial charge in [0.15, 0.2) is 9.84 Å². The SMILES string of the molecule is CCS(=O)(=O)CC(C)NC(=O)N1CC2CC3CC(C2)CC1C3. The molecule has 0 spiro atoms. The number of hydrogen-bond donors (Lipinski definition) is 1. The number of carbonyl (C=O) groups excluding carboxylic acids is 1. The molecule has 6 heteroatoms. The Morgan fingerprint density at radius 1 is 1.14 bits per heavy atom. The fourth-order valence-corrected chi connectivity index (χ4v) is 5.95. The molecule has 2 saturated heterocycles. The summed E-state index contributed by atoms with van der Waals surface area (Å²) in [7, 11) is -3.05. The second-order valence-electron chi connectivity index (χ2n) is 7.63. The van der Waals surface area contributed by atoms with Crippen LogP contribution in [0.25, 0.3) is 0 Å². The molecule has 0 radical (unpaired) electrons. The average Bonchev–Trinajstić information content (AvgIpc) is 2.62. The summed E-state index contributed by atoms with van der Waals surface area (Å²) in [6.07, 6.45) is 6.19. The Labute approximate surface area is 133 Å². The van der Waals surface area contributed by atoms with Gasteiger partial charge in [0.25, 0.3) is 0 Å². The van der Waals surface area contributed by atoms with E-state index >= 15 is 0 Å². The highest BCUT2D eigenvalue weighted by Crippen LogP contribution is 2.47. The Morgan fingerprint density at radius 2 is 1.73 bits per heavy atom. The molecule has 126 valence electrons. The number of nitrogens with zero attached hydrogens (tertiary/aromatic N) is 1. The minimum Gasteiger partial charge on any atom is -0.335 e. The maximum absolute atomic E-state index is 12.6. The molecule has 0 aromatic rings. The number of hydrogen-bond acceptors (Lipinski definition) is 3. The Bertz CT molecular complexity index is 520. The van der Waals surface area contributed by atoms with E-state index in [4.69, 9.17) is 0 Å². The third-order valence-corrected chi connectivity index (χ3v) is 7.57. The Balaban J connectivity index is 1.63. The van der Waals surface area contributed by atoms with Crippen molar-refractivity contribution in [3.63, 3.8) is 0 Å². The van der Waals surface area contributed by atoms with E-state index < -0.39 is 9.84 Å². The van der Waals surface area contributed by atoms with Crippen molar-refractivity contribution in [2.45, 2.75) is 58.0 Å². The lowest BCUT2D eigenvalue weighted by atomic mass is 9.68. The van der Waals surface area contributed by atoms with Gasteiger partial charge in [0.1, 0.15) is 0 Å². The monoisotopic (exact) mass is 328 g/mol. The Kier molecular flexibility index (Phi) is 4.40. The van der Waals surface area contributed by atoms with Crippen molar-refractivity contribution in [2.24, 2.45) is 17.8 Å². The van der Waals surface area contributed by atoms with Crippen LogP contribution in [0.3, 0.4) is 0 Å².